The predicted octanol–water partition coefficient (Wildman–Crippen LogP) is 0.658. The Hall–Kier alpha value is -1.01. The maximum atomic E-state index is 11.5. The third-order valence-electron chi connectivity index (χ3n) is 2.35. The van der Waals surface area contributed by atoms with Crippen LogP contribution in [0.4, 0.5) is 0 Å². The summed E-state index contributed by atoms with van der Waals surface area (Å²) in [6, 6.07) is 0.0262. The summed E-state index contributed by atoms with van der Waals surface area (Å²) in [5, 5.41) is 6.09. The van der Waals surface area contributed by atoms with Gasteiger partial charge in [-0.3, -0.25) is 4.79 Å². The third kappa shape index (κ3) is 3.80. The van der Waals surface area contributed by atoms with Crippen molar-refractivity contribution in [1.82, 2.24) is 10.6 Å². The quantitative estimate of drug-likeness (QED) is 0.512. The molecule has 0 aromatic carbocycles. The Labute approximate surface area is 85.6 Å². The molecule has 2 N–H and O–H groups in total. The van der Waals surface area contributed by atoms with E-state index in [2.05, 4.69) is 22.5 Å². The van der Waals surface area contributed by atoms with Crippen molar-refractivity contribution in [3.05, 3.63) is 0 Å². The fourth-order valence-corrected chi connectivity index (χ4v) is 1.57. The molecule has 1 fully saturated rings. The van der Waals surface area contributed by atoms with Gasteiger partial charge in [0.1, 0.15) is 0 Å². The Kier molecular flexibility index (Phi) is 5.09. The molecular weight excluding hydrogens is 176 g/mol. The van der Waals surface area contributed by atoms with Gasteiger partial charge in [0.05, 0.1) is 6.04 Å². The molecule has 0 spiro atoms. The molecule has 1 atom stereocenters. The van der Waals surface area contributed by atoms with Crippen molar-refractivity contribution in [2.75, 3.05) is 13.1 Å². The maximum absolute atomic E-state index is 11.5. The zero-order valence-electron chi connectivity index (χ0n) is 8.73. The first kappa shape index (κ1) is 11.1. The molecule has 3 nitrogen and oxygen atoms in total. The van der Waals surface area contributed by atoms with Gasteiger partial charge in [0.15, 0.2) is 0 Å². The molecule has 1 aliphatic rings. The molecule has 0 radical (unpaired) electrons. The summed E-state index contributed by atoms with van der Waals surface area (Å²) in [7, 11) is 0. The highest BCUT2D eigenvalue weighted by Crippen LogP contribution is 2.06. The molecule has 1 heterocycles. The molecule has 0 aromatic rings. The number of rotatable bonds is 3. The SMILES string of the molecule is CC#CCCNC(=O)[C@H]1CCCCN1. The molecule has 0 aromatic heterocycles. The summed E-state index contributed by atoms with van der Waals surface area (Å²) in [4.78, 5) is 11.5. The van der Waals surface area contributed by atoms with Gasteiger partial charge in [-0.25, -0.2) is 0 Å². The van der Waals surface area contributed by atoms with Crippen molar-refractivity contribution in [2.45, 2.75) is 38.6 Å². The van der Waals surface area contributed by atoms with Crippen LogP contribution in [-0.4, -0.2) is 25.0 Å². The zero-order valence-corrected chi connectivity index (χ0v) is 8.73. The van der Waals surface area contributed by atoms with Gasteiger partial charge in [-0.15, -0.1) is 11.8 Å². The number of hydrogen-bond acceptors (Lipinski definition) is 2. The van der Waals surface area contributed by atoms with Crippen LogP contribution in [0.5, 0.6) is 0 Å². The van der Waals surface area contributed by atoms with Gasteiger partial charge < -0.3 is 10.6 Å². The highest BCUT2D eigenvalue weighted by Gasteiger charge is 2.19. The van der Waals surface area contributed by atoms with E-state index in [9.17, 15) is 4.79 Å². The van der Waals surface area contributed by atoms with Crippen molar-refractivity contribution in [3.63, 3.8) is 0 Å². The lowest BCUT2D eigenvalue weighted by atomic mass is 10.0. The first-order valence-corrected chi connectivity index (χ1v) is 5.25. The van der Waals surface area contributed by atoms with Crippen molar-refractivity contribution in [3.8, 4) is 11.8 Å². The number of carbonyl (C=O) groups excluding carboxylic acids is 1. The van der Waals surface area contributed by atoms with Gasteiger partial charge in [-0.1, -0.05) is 6.42 Å². The Bertz CT molecular complexity index is 233. The van der Waals surface area contributed by atoms with E-state index in [1.165, 1.54) is 6.42 Å². The van der Waals surface area contributed by atoms with E-state index in [1.807, 2.05) is 6.92 Å². The maximum Gasteiger partial charge on any atom is 0.237 e. The number of hydrogen-bond donors (Lipinski definition) is 2. The van der Waals surface area contributed by atoms with Gasteiger partial charge in [-0.2, -0.15) is 0 Å². The molecule has 14 heavy (non-hydrogen) atoms. The van der Waals surface area contributed by atoms with Gasteiger partial charge in [0.2, 0.25) is 5.91 Å². The van der Waals surface area contributed by atoms with E-state index < -0.39 is 0 Å². The Morgan fingerprint density at radius 1 is 1.57 bits per heavy atom. The van der Waals surface area contributed by atoms with Crippen LogP contribution >= 0.6 is 0 Å². The topological polar surface area (TPSA) is 41.1 Å². The van der Waals surface area contributed by atoms with Crippen LogP contribution in [-0.2, 0) is 4.79 Å². The molecule has 0 unspecified atom stereocenters. The number of nitrogens with one attached hydrogen (secondary N) is 2. The Balaban J connectivity index is 2.15. The van der Waals surface area contributed by atoms with E-state index in [0.717, 1.165) is 25.8 Å². The van der Waals surface area contributed by atoms with Gasteiger partial charge in [0.25, 0.3) is 0 Å². The minimum atomic E-state index is 0.0262. The molecular formula is C11H18N2O. The van der Waals surface area contributed by atoms with Crippen molar-refractivity contribution < 1.29 is 4.79 Å². The lowest BCUT2D eigenvalue weighted by molar-refractivity contribution is -0.123. The van der Waals surface area contributed by atoms with Crippen LogP contribution in [0, 0.1) is 11.8 Å². The van der Waals surface area contributed by atoms with Crippen LogP contribution in [0.2, 0.25) is 0 Å². The minimum absolute atomic E-state index is 0.0262. The molecule has 0 bridgehead atoms. The Morgan fingerprint density at radius 3 is 3.07 bits per heavy atom. The average molecular weight is 194 g/mol. The van der Waals surface area contributed by atoms with Crippen molar-refractivity contribution in [1.29, 1.82) is 0 Å². The van der Waals surface area contributed by atoms with E-state index in [0.29, 0.717) is 6.54 Å². The molecule has 0 aliphatic carbocycles. The fraction of sp³-hybridized carbons (Fsp3) is 0.727. The first-order chi connectivity index (χ1) is 6.84. The van der Waals surface area contributed by atoms with Crippen LogP contribution in [0.15, 0.2) is 0 Å². The smallest absolute Gasteiger partial charge is 0.237 e. The number of amides is 1. The second kappa shape index (κ2) is 6.44. The Morgan fingerprint density at radius 2 is 2.43 bits per heavy atom. The summed E-state index contributed by atoms with van der Waals surface area (Å²) in [6.45, 7) is 3.44. The van der Waals surface area contributed by atoms with E-state index in [1.54, 1.807) is 0 Å². The molecule has 1 amide bonds. The normalized spacial score (nSPS) is 20.8. The second-order valence-electron chi connectivity index (χ2n) is 3.47. The van der Waals surface area contributed by atoms with Crippen LogP contribution in [0.3, 0.4) is 0 Å². The van der Waals surface area contributed by atoms with Crippen molar-refractivity contribution >= 4 is 5.91 Å². The largest absolute Gasteiger partial charge is 0.354 e. The average Bonchev–Trinajstić information content (AvgIpc) is 2.25. The van der Waals surface area contributed by atoms with Crippen molar-refractivity contribution in [2.24, 2.45) is 0 Å². The molecule has 1 rings (SSSR count). The number of carbonyl (C=O) groups is 1. The standard InChI is InChI=1S/C11H18N2O/c1-2-3-5-9-13-11(14)10-7-4-6-8-12-10/h10,12H,4-9H2,1H3,(H,13,14)/t10-/m1/s1. The molecule has 78 valence electrons. The van der Waals surface area contributed by atoms with Gasteiger partial charge in [0, 0.05) is 13.0 Å². The molecule has 1 saturated heterocycles. The van der Waals surface area contributed by atoms with Gasteiger partial charge >= 0.3 is 0 Å². The molecule has 3 heteroatoms. The summed E-state index contributed by atoms with van der Waals surface area (Å²) < 4.78 is 0. The highest BCUT2D eigenvalue weighted by molar-refractivity contribution is 5.81. The minimum Gasteiger partial charge on any atom is -0.354 e. The lowest BCUT2D eigenvalue weighted by Gasteiger charge is -2.22. The van der Waals surface area contributed by atoms with Crippen LogP contribution in [0.25, 0.3) is 0 Å². The van der Waals surface area contributed by atoms with Crippen LogP contribution in [0.1, 0.15) is 32.6 Å². The first-order valence-electron chi connectivity index (χ1n) is 5.25. The highest BCUT2D eigenvalue weighted by atomic mass is 16.2. The van der Waals surface area contributed by atoms with E-state index >= 15 is 0 Å². The van der Waals surface area contributed by atoms with Crippen LogP contribution < -0.4 is 10.6 Å². The summed E-state index contributed by atoms with van der Waals surface area (Å²) in [5.74, 6) is 5.85. The summed E-state index contributed by atoms with van der Waals surface area (Å²) >= 11 is 0. The summed E-state index contributed by atoms with van der Waals surface area (Å²) in [6.07, 6.45) is 4.05. The molecule has 0 saturated carbocycles. The number of piperidine rings is 1. The van der Waals surface area contributed by atoms with E-state index in [4.69, 9.17) is 0 Å². The lowest BCUT2D eigenvalue weighted by Crippen LogP contribution is -2.46. The third-order valence-corrected chi connectivity index (χ3v) is 2.35. The van der Waals surface area contributed by atoms with Gasteiger partial charge in [-0.05, 0) is 26.3 Å². The van der Waals surface area contributed by atoms with E-state index in [-0.39, 0.29) is 11.9 Å². The predicted molar refractivity (Wildman–Crippen MR) is 56.7 cm³/mol. The monoisotopic (exact) mass is 194 g/mol. The summed E-state index contributed by atoms with van der Waals surface area (Å²) in [5.41, 5.74) is 0. The fourth-order valence-electron chi connectivity index (χ4n) is 1.57. The molecule has 1 aliphatic heterocycles. The second-order valence-corrected chi connectivity index (χ2v) is 3.47. The zero-order chi connectivity index (χ0) is 10.2.